The number of halogens is 1. The summed E-state index contributed by atoms with van der Waals surface area (Å²) in [5.74, 6) is 2.92. The Morgan fingerprint density at radius 2 is 2.05 bits per heavy atom. The van der Waals surface area contributed by atoms with Crippen LogP contribution in [0.4, 0.5) is 5.82 Å². The molecule has 0 amide bonds. The van der Waals surface area contributed by atoms with Gasteiger partial charge in [-0.25, -0.2) is 9.98 Å². The number of hydrogen-bond donors (Lipinski definition) is 0. The summed E-state index contributed by atoms with van der Waals surface area (Å²) < 4.78 is 6.94. The van der Waals surface area contributed by atoms with Crippen molar-refractivity contribution in [2.45, 2.75) is 33.6 Å². The summed E-state index contributed by atoms with van der Waals surface area (Å²) >= 11 is 2.30. The van der Waals surface area contributed by atoms with Crippen molar-refractivity contribution in [3.8, 4) is 5.75 Å². The molecule has 4 nitrogen and oxygen atoms in total. The Hall–Kier alpha value is -0.850. The van der Waals surface area contributed by atoms with E-state index in [0.29, 0.717) is 12.5 Å². The molecule has 0 aliphatic carbocycles. The molecule has 19 heavy (non-hydrogen) atoms. The molecule has 0 atom stereocenters. The number of aliphatic imine (C=N–C) groups is 1. The third kappa shape index (κ3) is 3.01. The standard InChI is InChI=1S/C14H20IN3O/c1-5-18(6-2)12-8-19-13-10(15)7-11(9(3)4)16-14(13)17-12/h7,9H,5-6,8H2,1-4H3. The Morgan fingerprint density at radius 1 is 1.37 bits per heavy atom. The highest BCUT2D eigenvalue weighted by Crippen LogP contribution is 2.35. The first kappa shape index (κ1) is 14.6. The fourth-order valence-corrected chi connectivity index (χ4v) is 2.77. The lowest BCUT2D eigenvalue weighted by molar-refractivity contribution is 0.333. The summed E-state index contributed by atoms with van der Waals surface area (Å²) in [5, 5.41) is 0. The van der Waals surface area contributed by atoms with Crippen molar-refractivity contribution < 1.29 is 4.74 Å². The van der Waals surface area contributed by atoms with Crippen LogP contribution in [0.2, 0.25) is 0 Å². The summed E-state index contributed by atoms with van der Waals surface area (Å²) in [7, 11) is 0. The van der Waals surface area contributed by atoms with Crippen LogP contribution in [-0.4, -0.2) is 35.4 Å². The maximum atomic E-state index is 5.84. The molecule has 104 valence electrons. The van der Waals surface area contributed by atoms with Crippen LogP contribution < -0.4 is 4.74 Å². The normalized spacial score (nSPS) is 13.9. The lowest BCUT2D eigenvalue weighted by Crippen LogP contribution is -2.36. The zero-order valence-corrected chi connectivity index (χ0v) is 14.1. The molecule has 0 saturated carbocycles. The van der Waals surface area contributed by atoms with Crippen molar-refractivity contribution >= 4 is 34.2 Å². The number of ether oxygens (including phenoxy) is 1. The van der Waals surface area contributed by atoms with Gasteiger partial charge in [-0.15, -0.1) is 0 Å². The Bertz CT molecular complexity index is 496. The average Bonchev–Trinajstić information content (AvgIpc) is 2.39. The fourth-order valence-electron chi connectivity index (χ4n) is 2.05. The quantitative estimate of drug-likeness (QED) is 0.761. The maximum Gasteiger partial charge on any atom is 0.198 e. The van der Waals surface area contributed by atoms with Gasteiger partial charge in [0, 0.05) is 18.8 Å². The van der Waals surface area contributed by atoms with Crippen LogP contribution in [0, 0.1) is 3.57 Å². The van der Waals surface area contributed by atoms with Crippen molar-refractivity contribution in [1.82, 2.24) is 9.88 Å². The molecule has 0 bridgehead atoms. The van der Waals surface area contributed by atoms with Gasteiger partial charge in [0.05, 0.1) is 3.57 Å². The number of hydrogen-bond acceptors (Lipinski definition) is 4. The van der Waals surface area contributed by atoms with Gasteiger partial charge in [0.1, 0.15) is 12.4 Å². The second kappa shape index (κ2) is 6.07. The summed E-state index contributed by atoms with van der Waals surface area (Å²) in [6, 6.07) is 2.09. The van der Waals surface area contributed by atoms with Crippen LogP contribution >= 0.6 is 22.6 Å². The molecule has 1 aliphatic rings. The molecule has 0 spiro atoms. The third-order valence-corrected chi connectivity index (χ3v) is 4.03. The van der Waals surface area contributed by atoms with E-state index in [1.54, 1.807) is 0 Å². The van der Waals surface area contributed by atoms with Crippen molar-refractivity contribution in [2.24, 2.45) is 4.99 Å². The minimum Gasteiger partial charge on any atom is -0.481 e. The zero-order valence-electron chi connectivity index (χ0n) is 11.9. The highest BCUT2D eigenvalue weighted by Gasteiger charge is 2.21. The maximum absolute atomic E-state index is 5.84. The second-order valence-corrected chi connectivity index (χ2v) is 5.99. The minimum absolute atomic E-state index is 0.396. The molecule has 2 heterocycles. The molecular formula is C14H20IN3O. The highest BCUT2D eigenvalue weighted by atomic mass is 127. The highest BCUT2D eigenvalue weighted by molar-refractivity contribution is 14.1. The van der Waals surface area contributed by atoms with Gasteiger partial charge < -0.3 is 9.64 Å². The average molecular weight is 373 g/mol. The topological polar surface area (TPSA) is 37.7 Å². The molecule has 0 radical (unpaired) electrons. The van der Waals surface area contributed by atoms with Gasteiger partial charge in [0.15, 0.2) is 11.6 Å². The second-order valence-electron chi connectivity index (χ2n) is 4.83. The molecule has 2 rings (SSSR count). The Morgan fingerprint density at radius 3 is 2.63 bits per heavy atom. The molecule has 0 aromatic carbocycles. The van der Waals surface area contributed by atoms with Crippen LogP contribution in [0.25, 0.3) is 0 Å². The van der Waals surface area contributed by atoms with Gasteiger partial charge in [-0.2, -0.15) is 0 Å². The summed E-state index contributed by atoms with van der Waals surface area (Å²) in [6.45, 7) is 11.0. The number of likely N-dealkylation sites (N-methyl/N-ethyl adjacent to an activating group) is 1. The van der Waals surface area contributed by atoms with Crippen LogP contribution in [0.5, 0.6) is 5.75 Å². The van der Waals surface area contributed by atoms with E-state index in [2.05, 4.69) is 66.2 Å². The van der Waals surface area contributed by atoms with Crippen LogP contribution in [0.1, 0.15) is 39.3 Å². The predicted octanol–water partition coefficient (Wildman–Crippen LogP) is 3.57. The Balaban J connectivity index is 2.43. The van der Waals surface area contributed by atoms with E-state index in [1.165, 1.54) is 0 Å². The number of aromatic nitrogens is 1. The first-order valence-electron chi connectivity index (χ1n) is 6.72. The Labute approximate surface area is 128 Å². The van der Waals surface area contributed by atoms with Crippen LogP contribution in [-0.2, 0) is 0 Å². The molecule has 0 N–H and O–H groups in total. The van der Waals surface area contributed by atoms with Gasteiger partial charge >= 0.3 is 0 Å². The summed E-state index contributed by atoms with van der Waals surface area (Å²) in [5.41, 5.74) is 1.07. The van der Waals surface area contributed by atoms with E-state index in [1.807, 2.05) is 0 Å². The number of nitrogens with zero attached hydrogens (tertiary/aromatic N) is 3. The van der Waals surface area contributed by atoms with Gasteiger partial charge in [0.25, 0.3) is 0 Å². The van der Waals surface area contributed by atoms with Gasteiger partial charge in [0.2, 0.25) is 0 Å². The molecule has 0 saturated heterocycles. The number of rotatable bonds is 3. The van der Waals surface area contributed by atoms with E-state index in [9.17, 15) is 0 Å². The van der Waals surface area contributed by atoms with Crippen molar-refractivity contribution in [1.29, 1.82) is 0 Å². The van der Waals surface area contributed by atoms with E-state index in [-0.39, 0.29) is 0 Å². The van der Waals surface area contributed by atoms with Crippen LogP contribution in [0.3, 0.4) is 0 Å². The van der Waals surface area contributed by atoms with Crippen LogP contribution in [0.15, 0.2) is 11.1 Å². The zero-order chi connectivity index (χ0) is 14.0. The SMILES string of the molecule is CCN(CC)C1=Nc2nc(C(C)C)cc(I)c2OC1. The molecule has 1 aliphatic heterocycles. The smallest absolute Gasteiger partial charge is 0.198 e. The molecule has 1 aromatic heterocycles. The van der Waals surface area contributed by atoms with E-state index in [0.717, 1.165) is 39.8 Å². The lowest BCUT2D eigenvalue weighted by Gasteiger charge is -2.26. The molecule has 1 aromatic rings. The first-order chi connectivity index (χ1) is 9.06. The van der Waals surface area contributed by atoms with E-state index in [4.69, 9.17) is 9.73 Å². The van der Waals surface area contributed by atoms with E-state index < -0.39 is 0 Å². The summed E-state index contributed by atoms with van der Waals surface area (Å²) in [6.07, 6.45) is 0. The molecule has 0 fully saturated rings. The van der Waals surface area contributed by atoms with E-state index >= 15 is 0 Å². The number of amidine groups is 1. The largest absolute Gasteiger partial charge is 0.481 e. The summed E-state index contributed by atoms with van der Waals surface area (Å²) in [4.78, 5) is 11.5. The number of pyridine rings is 1. The fraction of sp³-hybridized carbons (Fsp3) is 0.571. The number of fused-ring (bicyclic) bond motifs is 1. The third-order valence-electron chi connectivity index (χ3n) is 3.23. The molecule has 5 heteroatoms. The molecule has 0 unspecified atom stereocenters. The first-order valence-corrected chi connectivity index (χ1v) is 7.80. The van der Waals surface area contributed by atoms with Gasteiger partial charge in [-0.1, -0.05) is 13.8 Å². The molecular weight excluding hydrogens is 353 g/mol. The van der Waals surface area contributed by atoms with Crippen molar-refractivity contribution in [2.75, 3.05) is 19.7 Å². The lowest BCUT2D eigenvalue weighted by atomic mass is 10.1. The monoisotopic (exact) mass is 373 g/mol. The minimum atomic E-state index is 0.396. The Kier molecular flexibility index (Phi) is 4.65. The predicted molar refractivity (Wildman–Crippen MR) is 86.6 cm³/mol. The van der Waals surface area contributed by atoms with Crippen molar-refractivity contribution in [3.05, 3.63) is 15.3 Å². The van der Waals surface area contributed by atoms with Gasteiger partial charge in [-0.05, 0) is 48.4 Å². The van der Waals surface area contributed by atoms with Gasteiger partial charge in [-0.3, -0.25) is 0 Å². The van der Waals surface area contributed by atoms with Crippen molar-refractivity contribution in [3.63, 3.8) is 0 Å².